The molecule has 24 aromatic carbocycles. The van der Waals surface area contributed by atoms with Gasteiger partial charge in [0.15, 0.2) is 0 Å². The molecule has 6 heterocycles. The van der Waals surface area contributed by atoms with E-state index in [0.717, 1.165) is 117 Å². The maximum Gasteiger partial charge on any atom is 0.135 e. The van der Waals surface area contributed by atoms with Crippen LogP contribution in [0.2, 0.25) is 0 Å². The fourth-order valence-electron chi connectivity index (χ4n) is 22.1. The fraction of sp³-hybridized carbons (Fsp3) is 0. The van der Waals surface area contributed by atoms with Gasteiger partial charge in [-0.15, -0.1) is 34.0 Å². The number of anilines is 9. The molecule has 0 radical (unpaired) electrons. The largest absolute Gasteiger partial charge is 0.456 e. The van der Waals surface area contributed by atoms with Gasteiger partial charge < -0.3 is 28.0 Å². The molecule has 0 aliphatic carbocycles. The van der Waals surface area contributed by atoms with Crippen molar-refractivity contribution in [2.45, 2.75) is 0 Å². The molecule has 0 amide bonds. The van der Waals surface area contributed by atoms with Crippen LogP contribution in [0.25, 0.3) is 225 Å². The van der Waals surface area contributed by atoms with E-state index in [4.69, 9.17) is 13.3 Å². The second kappa shape index (κ2) is 35.5. The number of hydrogen-bond donors (Lipinski definition) is 0. The van der Waals surface area contributed by atoms with Gasteiger partial charge in [-0.05, 0) is 229 Å². The summed E-state index contributed by atoms with van der Waals surface area (Å²) in [6, 6.07) is 186. The van der Waals surface area contributed by atoms with E-state index in [1.165, 1.54) is 159 Å². The molecule has 680 valence electrons. The van der Waals surface area contributed by atoms with E-state index in [1.807, 2.05) is 70.4 Å². The van der Waals surface area contributed by atoms with Crippen LogP contribution >= 0.6 is 34.0 Å². The Labute approximate surface area is 847 Å². The summed E-state index contributed by atoms with van der Waals surface area (Å²) in [6.07, 6.45) is 0. The molecule has 145 heavy (non-hydrogen) atoms. The second-order valence-corrected chi connectivity index (χ2v) is 40.3. The third kappa shape index (κ3) is 14.8. The highest BCUT2D eigenvalue weighted by Gasteiger charge is 2.28. The van der Waals surface area contributed by atoms with Crippen molar-refractivity contribution in [2.24, 2.45) is 0 Å². The first-order valence-corrected chi connectivity index (χ1v) is 51.6. The first kappa shape index (κ1) is 84.8. The SMILES string of the molecule is c1ccc(-c2cc(-c3ccccc3)cc(N(c3ccc(-c4ccc5oc6ccccc6c5c4)c4ccccc34)c3cccc4c3sc3ccccc34)c2)cc1.c1ccc(N(c2ccc3c(c2)sc2ccccc23)c2ccc(-c3ccc4oc5ccccc5c4c3)c3ccccc23)cc1.c1ccc2c(N(c3ccc(-c4ccc5oc6ccccc6c5c4)c4ccccc34)c3cccc4c3sc3ccccc34)cccc2c1. The number of thiophene rings is 3. The fourth-order valence-corrected chi connectivity index (χ4v) is 25.6. The van der Waals surface area contributed by atoms with Crippen LogP contribution < -0.4 is 14.7 Å². The smallest absolute Gasteiger partial charge is 0.135 e. The molecule has 0 aliphatic heterocycles. The van der Waals surface area contributed by atoms with E-state index < -0.39 is 0 Å². The molecule has 6 aromatic heterocycles. The summed E-state index contributed by atoms with van der Waals surface area (Å²) >= 11 is 5.59. The van der Waals surface area contributed by atoms with Gasteiger partial charge in [-0.2, -0.15) is 0 Å². The first-order valence-electron chi connectivity index (χ1n) is 49.1. The van der Waals surface area contributed by atoms with Crippen molar-refractivity contribution in [3.05, 3.63) is 516 Å². The monoisotopic (exact) mass is 1900 g/mol. The minimum Gasteiger partial charge on any atom is -0.456 e. The predicted molar refractivity (Wildman–Crippen MR) is 621 cm³/mol. The van der Waals surface area contributed by atoms with Gasteiger partial charge >= 0.3 is 0 Å². The lowest BCUT2D eigenvalue weighted by Gasteiger charge is -2.29. The zero-order valence-corrected chi connectivity index (χ0v) is 80.8. The number of rotatable bonds is 14. The Morgan fingerprint density at radius 2 is 0.462 bits per heavy atom. The number of hydrogen-bond acceptors (Lipinski definition) is 9. The van der Waals surface area contributed by atoms with Crippen LogP contribution in [0.5, 0.6) is 0 Å². The third-order valence-electron chi connectivity index (χ3n) is 28.8. The van der Waals surface area contributed by atoms with Crippen molar-refractivity contribution in [2.75, 3.05) is 14.7 Å². The lowest BCUT2D eigenvalue weighted by Crippen LogP contribution is -2.11. The number of para-hydroxylation sites is 4. The number of fused-ring (bicyclic) bond motifs is 22. The highest BCUT2D eigenvalue weighted by molar-refractivity contribution is 7.27. The van der Waals surface area contributed by atoms with Crippen molar-refractivity contribution in [1.82, 2.24) is 0 Å². The van der Waals surface area contributed by atoms with Crippen LogP contribution in [0.3, 0.4) is 0 Å². The molecular weight excluding hydrogens is 1820 g/mol. The van der Waals surface area contributed by atoms with Gasteiger partial charge in [0.2, 0.25) is 0 Å². The average molecular weight is 1910 g/mol. The van der Waals surface area contributed by atoms with E-state index in [2.05, 4.69) is 494 Å². The van der Waals surface area contributed by atoms with Gasteiger partial charge in [0.25, 0.3) is 0 Å². The molecule has 0 unspecified atom stereocenters. The highest BCUT2D eigenvalue weighted by Crippen LogP contribution is 2.54. The summed E-state index contributed by atoms with van der Waals surface area (Å²) in [7, 11) is 0. The molecule has 30 rings (SSSR count). The summed E-state index contributed by atoms with van der Waals surface area (Å²) in [5.41, 5.74) is 27.6. The van der Waals surface area contributed by atoms with Gasteiger partial charge in [-0.1, -0.05) is 364 Å². The Balaban J connectivity index is 0.000000106. The minimum atomic E-state index is 0.904. The Bertz CT molecular complexity index is 10300. The lowest BCUT2D eigenvalue weighted by molar-refractivity contribution is 0.668. The average Bonchev–Trinajstić information content (AvgIpc) is 1.69. The molecule has 0 aliphatic rings. The molecule has 0 atom stereocenters. The second-order valence-electron chi connectivity index (χ2n) is 37.1. The molecule has 0 fully saturated rings. The van der Waals surface area contributed by atoms with Gasteiger partial charge in [0.05, 0.1) is 43.5 Å². The molecule has 0 bridgehead atoms. The van der Waals surface area contributed by atoms with E-state index in [1.54, 1.807) is 0 Å². The summed E-state index contributed by atoms with van der Waals surface area (Å²) in [6.45, 7) is 0. The maximum absolute atomic E-state index is 6.21. The van der Waals surface area contributed by atoms with Crippen molar-refractivity contribution in [3.8, 4) is 55.6 Å². The first-order chi connectivity index (χ1) is 71.9. The van der Waals surface area contributed by atoms with Gasteiger partial charge in [0, 0.05) is 122 Å². The number of furan rings is 3. The van der Waals surface area contributed by atoms with E-state index in [9.17, 15) is 0 Å². The molecule has 0 saturated carbocycles. The number of nitrogens with zero attached hydrogens (tertiary/aromatic N) is 3. The maximum atomic E-state index is 6.21. The van der Waals surface area contributed by atoms with Crippen LogP contribution in [0.1, 0.15) is 0 Å². The predicted octanol–water partition coefficient (Wildman–Crippen LogP) is 41.2. The van der Waals surface area contributed by atoms with Crippen molar-refractivity contribution < 1.29 is 13.3 Å². The van der Waals surface area contributed by atoms with Crippen LogP contribution in [0.4, 0.5) is 51.2 Å². The number of benzene rings is 24. The summed E-state index contributed by atoms with van der Waals surface area (Å²) in [5, 5.41) is 24.3. The molecule has 6 nitrogen and oxygen atoms in total. The van der Waals surface area contributed by atoms with Gasteiger partial charge in [0.1, 0.15) is 33.5 Å². The van der Waals surface area contributed by atoms with Crippen LogP contribution in [0, 0.1) is 0 Å². The standard InChI is InChI=1S/C52H33NOS.C44H27NOS.C40H25NOS/c1-3-14-34(15-4-1)37-30-38(35-16-5-2-6-17-35)32-39(31-37)53(48-23-13-22-45-44-21-10-12-25-51(44)55-52(45)48)47-28-27-40(41-18-7-8-19-42(41)47)36-26-29-50-46(33-36)43-20-9-11-24-49(43)54-50;1-2-13-31-28(11-1)12-9-19-38(31)45(40-20-10-18-36-35-17-6-8-22-43(35)47-44(36)40)39-25-24-30(32-14-3-4-15-33(32)39)29-23-26-42-37(27-29)34-16-5-7-21-41(34)46-42;1-2-10-27(11-3-1)41(28-19-20-34-33-15-7-9-17-39(33)43-40(34)25-28)36-22-21-29(30-12-4-5-13-31(30)36)26-18-23-38-35(24-26)32-14-6-8-16-37(32)42-38/h1-33H;1-27H;1-25H. The summed E-state index contributed by atoms with van der Waals surface area (Å²) in [4.78, 5) is 7.37. The molecule has 30 aromatic rings. The zero-order valence-electron chi connectivity index (χ0n) is 78.4. The normalized spacial score (nSPS) is 11.7. The van der Waals surface area contributed by atoms with Crippen LogP contribution in [-0.2, 0) is 0 Å². The van der Waals surface area contributed by atoms with E-state index in [0.29, 0.717) is 0 Å². The highest BCUT2D eigenvalue weighted by atomic mass is 32.1. The molecular formula is C136H85N3O3S3. The molecule has 0 saturated heterocycles. The molecule has 9 heteroatoms. The zero-order chi connectivity index (χ0) is 95.5. The van der Waals surface area contributed by atoms with Crippen LogP contribution in [-0.4, -0.2) is 0 Å². The third-order valence-corrected chi connectivity index (χ3v) is 32.3. The van der Waals surface area contributed by atoms with E-state index >= 15 is 0 Å². The Hall–Kier alpha value is -18.2. The Morgan fingerprint density at radius 1 is 0.138 bits per heavy atom. The Kier molecular flexibility index (Phi) is 20.8. The Morgan fingerprint density at radius 3 is 0.931 bits per heavy atom. The van der Waals surface area contributed by atoms with Gasteiger partial charge in [-0.25, -0.2) is 0 Å². The summed E-state index contributed by atoms with van der Waals surface area (Å²) in [5.74, 6) is 0. The minimum absolute atomic E-state index is 0.904. The lowest BCUT2D eigenvalue weighted by atomic mass is 9.94. The molecule has 0 N–H and O–H groups in total. The van der Waals surface area contributed by atoms with Crippen molar-refractivity contribution in [3.63, 3.8) is 0 Å². The van der Waals surface area contributed by atoms with Gasteiger partial charge in [-0.3, -0.25) is 0 Å². The topological polar surface area (TPSA) is 49.1 Å². The molecule has 0 spiro atoms. The quantitative estimate of drug-likeness (QED) is 0.108. The van der Waals surface area contributed by atoms with Crippen molar-refractivity contribution in [1.29, 1.82) is 0 Å². The summed E-state index contributed by atoms with van der Waals surface area (Å²) < 4.78 is 26.3. The van der Waals surface area contributed by atoms with Crippen molar-refractivity contribution >= 4 is 255 Å². The van der Waals surface area contributed by atoms with Crippen LogP contribution in [0.15, 0.2) is 529 Å². The van der Waals surface area contributed by atoms with E-state index in [-0.39, 0.29) is 0 Å².